The lowest BCUT2D eigenvalue weighted by Crippen LogP contribution is -2.44. The van der Waals surface area contributed by atoms with Crippen LogP contribution in [-0.2, 0) is 9.53 Å². The highest BCUT2D eigenvalue weighted by Crippen LogP contribution is 2.26. The van der Waals surface area contributed by atoms with E-state index in [0.717, 1.165) is 26.2 Å². The van der Waals surface area contributed by atoms with Crippen LogP contribution in [-0.4, -0.2) is 49.2 Å². The summed E-state index contributed by atoms with van der Waals surface area (Å²) >= 11 is 0. The molecule has 0 amide bonds. The molecule has 0 aliphatic carbocycles. The second kappa shape index (κ2) is 7.35. The van der Waals surface area contributed by atoms with Crippen LogP contribution in [0.4, 0.5) is 10.3 Å². The van der Waals surface area contributed by atoms with Crippen molar-refractivity contribution < 1.29 is 13.9 Å². The number of anilines is 1. The monoisotopic (exact) mass is 330 g/mol. The summed E-state index contributed by atoms with van der Waals surface area (Å²) < 4.78 is 18.0. The molecule has 2 aromatic rings. The number of esters is 1. The van der Waals surface area contributed by atoms with E-state index >= 15 is 0 Å². The van der Waals surface area contributed by atoms with Gasteiger partial charge in [0.15, 0.2) is 0 Å². The van der Waals surface area contributed by atoms with Crippen molar-refractivity contribution in [3.8, 4) is 0 Å². The van der Waals surface area contributed by atoms with Crippen LogP contribution in [0.1, 0.15) is 17.0 Å². The molecule has 24 heavy (non-hydrogen) atoms. The predicted octanol–water partition coefficient (Wildman–Crippen LogP) is 1.33. The lowest BCUT2D eigenvalue weighted by Gasteiger charge is -2.27. The predicted molar refractivity (Wildman–Crippen MR) is 87.4 cm³/mol. The third-order valence-corrected chi connectivity index (χ3v) is 4.03. The Kier molecular flexibility index (Phi) is 5.00. The Morgan fingerprint density at radius 1 is 1.17 bits per heavy atom. The van der Waals surface area contributed by atoms with Gasteiger partial charge < -0.3 is 15.0 Å². The molecule has 1 aromatic heterocycles. The number of nitrogens with zero attached hydrogens (tertiary/aromatic N) is 3. The molecule has 2 heterocycles. The van der Waals surface area contributed by atoms with E-state index in [1.807, 2.05) is 0 Å². The quantitative estimate of drug-likeness (QED) is 0.853. The highest BCUT2D eigenvalue weighted by Gasteiger charge is 2.25. The number of ether oxygens (including phenoxy) is 1. The molecular weight excluding hydrogens is 311 g/mol. The Morgan fingerprint density at radius 3 is 2.38 bits per heavy atom. The average molecular weight is 330 g/mol. The van der Waals surface area contributed by atoms with Crippen LogP contribution in [0.25, 0.3) is 0 Å². The number of hydrogen-bond acceptors (Lipinski definition) is 6. The molecule has 3 rings (SSSR count). The van der Waals surface area contributed by atoms with Crippen LogP contribution in [0.2, 0.25) is 0 Å². The molecule has 6 nitrogen and oxygen atoms in total. The minimum Gasteiger partial charge on any atom is -0.468 e. The third kappa shape index (κ3) is 3.51. The van der Waals surface area contributed by atoms with E-state index in [2.05, 4.69) is 20.2 Å². The minimum absolute atomic E-state index is 0.354. The van der Waals surface area contributed by atoms with E-state index < -0.39 is 11.9 Å². The van der Waals surface area contributed by atoms with Gasteiger partial charge in [-0.25, -0.2) is 14.4 Å². The van der Waals surface area contributed by atoms with Crippen molar-refractivity contribution in [2.75, 3.05) is 38.2 Å². The summed E-state index contributed by atoms with van der Waals surface area (Å²) in [7, 11) is 1.33. The zero-order valence-corrected chi connectivity index (χ0v) is 13.4. The SMILES string of the molecule is COC(=O)C(c1ccc(F)cc1)c1cnc(N2CCNCC2)nc1. The second-order valence-electron chi connectivity index (χ2n) is 5.56. The van der Waals surface area contributed by atoms with Gasteiger partial charge in [-0.2, -0.15) is 0 Å². The Labute approximate surface area is 139 Å². The van der Waals surface area contributed by atoms with Gasteiger partial charge >= 0.3 is 5.97 Å². The summed E-state index contributed by atoms with van der Waals surface area (Å²) in [5, 5.41) is 3.27. The van der Waals surface area contributed by atoms with Gasteiger partial charge in [-0.3, -0.25) is 4.79 Å². The van der Waals surface area contributed by atoms with Gasteiger partial charge in [-0.05, 0) is 17.7 Å². The number of aromatic nitrogens is 2. The zero-order valence-electron chi connectivity index (χ0n) is 13.4. The van der Waals surface area contributed by atoms with Crippen molar-refractivity contribution >= 4 is 11.9 Å². The van der Waals surface area contributed by atoms with E-state index in [4.69, 9.17) is 4.74 Å². The molecule has 1 atom stereocenters. The number of methoxy groups -OCH3 is 1. The van der Waals surface area contributed by atoms with Gasteiger partial charge in [-0.1, -0.05) is 12.1 Å². The Morgan fingerprint density at radius 2 is 1.79 bits per heavy atom. The summed E-state index contributed by atoms with van der Waals surface area (Å²) in [6, 6.07) is 5.78. The lowest BCUT2D eigenvalue weighted by atomic mass is 9.93. The summed E-state index contributed by atoms with van der Waals surface area (Å²) in [5.41, 5.74) is 1.26. The third-order valence-electron chi connectivity index (χ3n) is 4.03. The van der Waals surface area contributed by atoms with Crippen LogP contribution >= 0.6 is 0 Å². The van der Waals surface area contributed by atoms with Gasteiger partial charge in [0.2, 0.25) is 5.95 Å². The van der Waals surface area contributed by atoms with E-state index in [1.54, 1.807) is 24.5 Å². The first-order chi connectivity index (χ1) is 11.7. The van der Waals surface area contributed by atoms with Crippen LogP contribution in [0, 0.1) is 5.82 Å². The van der Waals surface area contributed by atoms with Crippen molar-refractivity contribution in [1.82, 2.24) is 15.3 Å². The van der Waals surface area contributed by atoms with Gasteiger partial charge in [-0.15, -0.1) is 0 Å². The Bertz CT molecular complexity index is 685. The van der Waals surface area contributed by atoms with Crippen molar-refractivity contribution in [2.24, 2.45) is 0 Å². The average Bonchev–Trinajstić information content (AvgIpc) is 2.64. The van der Waals surface area contributed by atoms with Gasteiger partial charge in [0.05, 0.1) is 7.11 Å². The Hall–Kier alpha value is -2.54. The molecule has 0 saturated carbocycles. The van der Waals surface area contributed by atoms with Crippen molar-refractivity contribution in [3.63, 3.8) is 0 Å². The van der Waals surface area contributed by atoms with Crippen molar-refractivity contribution in [1.29, 1.82) is 0 Å². The van der Waals surface area contributed by atoms with Gasteiger partial charge in [0.25, 0.3) is 0 Å². The van der Waals surface area contributed by atoms with Gasteiger partial charge in [0.1, 0.15) is 11.7 Å². The molecule has 1 unspecified atom stereocenters. The number of hydrogen-bond donors (Lipinski definition) is 1. The molecular formula is C17H19FN4O2. The normalized spacial score (nSPS) is 15.8. The molecule has 126 valence electrons. The van der Waals surface area contributed by atoms with Gasteiger partial charge in [0, 0.05) is 44.1 Å². The highest BCUT2D eigenvalue weighted by molar-refractivity contribution is 5.81. The largest absolute Gasteiger partial charge is 0.468 e. The maximum atomic E-state index is 13.1. The van der Waals surface area contributed by atoms with E-state index in [0.29, 0.717) is 17.1 Å². The molecule has 1 aliphatic rings. The first-order valence-electron chi connectivity index (χ1n) is 7.80. The number of benzene rings is 1. The fourth-order valence-corrected chi connectivity index (χ4v) is 2.75. The van der Waals surface area contributed by atoms with E-state index in [9.17, 15) is 9.18 Å². The number of carbonyl (C=O) groups excluding carboxylic acids is 1. The zero-order chi connectivity index (χ0) is 16.9. The molecule has 7 heteroatoms. The molecule has 1 aromatic carbocycles. The molecule has 0 spiro atoms. The maximum absolute atomic E-state index is 13.1. The highest BCUT2D eigenvalue weighted by atomic mass is 19.1. The number of rotatable bonds is 4. The second-order valence-corrected chi connectivity index (χ2v) is 5.56. The molecule has 1 fully saturated rings. The Balaban J connectivity index is 1.87. The van der Waals surface area contributed by atoms with Crippen molar-refractivity contribution in [3.05, 3.63) is 53.6 Å². The standard InChI is InChI=1S/C17H19FN4O2/c1-24-16(23)15(12-2-4-14(18)5-3-12)13-10-20-17(21-11-13)22-8-6-19-7-9-22/h2-5,10-11,15,19H,6-9H2,1H3. The maximum Gasteiger partial charge on any atom is 0.317 e. The molecule has 1 saturated heterocycles. The molecule has 0 radical (unpaired) electrons. The van der Waals surface area contributed by atoms with Crippen LogP contribution in [0.15, 0.2) is 36.7 Å². The fraction of sp³-hybridized carbons (Fsp3) is 0.353. The summed E-state index contributed by atoms with van der Waals surface area (Å²) in [4.78, 5) is 23.1. The minimum atomic E-state index is -0.673. The molecule has 1 N–H and O–H groups in total. The van der Waals surface area contributed by atoms with E-state index in [-0.39, 0.29) is 5.82 Å². The number of piperazine rings is 1. The summed E-state index contributed by atoms with van der Waals surface area (Å²) in [6.07, 6.45) is 3.27. The van der Waals surface area contributed by atoms with E-state index in [1.165, 1.54) is 19.2 Å². The number of nitrogens with one attached hydrogen (secondary N) is 1. The number of carbonyl (C=O) groups is 1. The fourth-order valence-electron chi connectivity index (χ4n) is 2.75. The molecule has 0 bridgehead atoms. The van der Waals surface area contributed by atoms with Crippen LogP contribution in [0.3, 0.4) is 0 Å². The number of halogens is 1. The van der Waals surface area contributed by atoms with Crippen LogP contribution in [0.5, 0.6) is 0 Å². The summed E-state index contributed by atoms with van der Waals surface area (Å²) in [5.74, 6) is -0.816. The summed E-state index contributed by atoms with van der Waals surface area (Å²) in [6.45, 7) is 3.48. The smallest absolute Gasteiger partial charge is 0.317 e. The lowest BCUT2D eigenvalue weighted by molar-refractivity contribution is -0.141. The first kappa shape index (κ1) is 16.3. The first-order valence-corrected chi connectivity index (χ1v) is 7.80. The molecule has 1 aliphatic heterocycles. The van der Waals surface area contributed by atoms with Crippen molar-refractivity contribution in [2.45, 2.75) is 5.92 Å². The van der Waals surface area contributed by atoms with Crippen LogP contribution < -0.4 is 10.2 Å². The topological polar surface area (TPSA) is 67.3 Å².